The second-order valence-electron chi connectivity index (χ2n) is 5.15. The number of benzene rings is 1. The number of halogens is 1. The molecule has 0 aliphatic heterocycles. The Morgan fingerprint density at radius 2 is 1.94 bits per heavy atom. The summed E-state index contributed by atoms with van der Waals surface area (Å²) in [5, 5.41) is 0. The highest BCUT2D eigenvalue weighted by molar-refractivity contribution is 7.84. The van der Waals surface area contributed by atoms with Crippen molar-refractivity contribution in [3.8, 4) is 5.75 Å². The van der Waals surface area contributed by atoms with Crippen molar-refractivity contribution in [3.63, 3.8) is 0 Å². The number of methoxy groups -OCH3 is 1. The van der Waals surface area contributed by atoms with Crippen LogP contribution in [0.25, 0.3) is 0 Å². The minimum absolute atomic E-state index is 0.213. The number of hydrogen-bond donors (Lipinski definition) is 1. The molecule has 3 nitrogen and oxygen atoms in total. The van der Waals surface area contributed by atoms with Crippen LogP contribution in [0.3, 0.4) is 0 Å². The minimum Gasteiger partial charge on any atom is -0.497 e. The van der Waals surface area contributed by atoms with Crippen LogP contribution in [0.5, 0.6) is 5.75 Å². The van der Waals surface area contributed by atoms with E-state index in [9.17, 15) is 8.60 Å². The lowest BCUT2D eigenvalue weighted by Crippen LogP contribution is -2.34. The van der Waals surface area contributed by atoms with Gasteiger partial charge in [0.25, 0.3) is 0 Å². The summed E-state index contributed by atoms with van der Waals surface area (Å²) in [6.45, 7) is 7.50. The van der Waals surface area contributed by atoms with Gasteiger partial charge in [-0.1, -0.05) is 0 Å². The van der Waals surface area contributed by atoms with Gasteiger partial charge in [0.1, 0.15) is 11.6 Å². The summed E-state index contributed by atoms with van der Waals surface area (Å²) < 4.78 is 32.9. The maximum atomic E-state index is 13.4. The van der Waals surface area contributed by atoms with Gasteiger partial charge in [0.15, 0.2) is 0 Å². The molecule has 0 saturated heterocycles. The first kappa shape index (κ1) is 15.1. The maximum absolute atomic E-state index is 13.4. The molecular weight excluding hydrogens is 253 g/mol. The van der Waals surface area contributed by atoms with Crippen molar-refractivity contribution in [3.05, 3.63) is 29.6 Å². The molecule has 18 heavy (non-hydrogen) atoms. The molecule has 0 aliphatic carbocycles. The minimum atomic E-state index is -1.20. The highest BCUT2D eigenvalue weighted by Crippen LogP contribution is 2.22. The van der Waals surface area contributed by atoms with Gasteiger partial charge in [-0.05, 0) is 45.4 Å². The first-order chi connectivity index (χ1) is 8.24. The summed E-state index contributed by atoms with van der Waals surface area (Å²) >= 11 is 0. The van der Waals surface area contributed by atoms with Gasteiger partial charge in [-0.25, -0.2) is 13.3 Å². The maximum Gasteiger partial charge on any atom is 0.127 e. The van der Waals surface area contributed by atoms with Crippen LogP contribution in [0.2, 0.25) is 0 Å². The van der Waals surface area contributed by atoms with E-state index in [1.54, 1.807) is 6.07 Å². The Kier molecular flexibility index (Phi) is 4.87. The molecule has 0 radical (unpaired) electrons. The molecule has 0 heterocycles. The topological polar surface area (TPSA) is 38.3 Å². The summed E-state index contributed by atoms with van der Waals surface area (Å²) in [6, 6.07) is 4.26. The zero-order valence-corrected chi connectivity index (χ0v) is 12.2. The first-order valence-corrected chi connectivity index (χ1v) is 6.91. The van der Waals surface area contributed by atoms with Gasteiger partial charge in [0, 0.05) is 12.1 Å². The van der Waals surface area contributed by atoms with E-state index in [0.717, 1.165) is 0 Å². The van der Waals surface area contributed by atoms with Crippen molar-refractivity contribution >= 4 is 11.0 Å². The third-order valence-electron chi connectivity index (χ3n) is 2.47. The second kappa shape index (κ2) is 5.80. The number of hydrogen-bond acceptors (Lipinski definition) is 2. The lowest BCUT2D eigenvalue weighted by Gasteiger charge is -2.22. The Morgan fingerprint density at radius 1 is 1.33 bits per heavy atom. The van der Waals surface area contributed by atoms with Gasteiger partial charge >= 0.3 is 0 Å². The number of ether oxygens (including phenoxy) is 1. The highest BCUT2D eigenvalue weighted by Gasteiger charge is 2.22. The number of nitrogens with one attached hydrogen (secondary N) is 1. The van der Waals surface area contributed by atoms with Crippen LogP contribution in [0, 0.1) is 5.82 Å². The summed E-state index contributed by atoms with van der Waals surface area (Å²) in [4.78, 5) is 0. The van der Waals surface area contributed by atoms with Gasteiger partial charge < -0.3 is 4.74 Å². The lowest BCUT2D eigenvalue weighted by molar-refractivity contribution is 0.410. The molecule has 102 valence electrons. The zero-order valence-electron chi connectivity index (χ0n) is 11.4. The molecule has 0 bridgehead atoms. The molecule has 2 atom stereocenters. The fraction of sp³-hybridized carbons (Fsp3) is 0.538. The largest absolute Gasteiger partial charge is 0.497 e. The summed E-state index contributed by atoms with van der Waals surface area (Å²) in [5.74, 6) is 0.0970. The average Bonchev–Trinajstić information content (AvgIpc) is 2.26. The van der Waals surface area contributed by atoms with E-state index >= 15 is 0 Å². The zero-order chi connectivity index (χ0) is 13.9. The van der Waals surface area contributed by atoms with Gasteiger partial charge in [0.05, 0.1) is 22.8 Å². The van der Waals surface area contributed by atoms with E-state index in [0.29, 0.717) is 11.3 Å². The Labute approximate surface area is 110 Å². The molecule has 1 rings (SSSR count). The summed E-state index contributed by atoms with van der Waals surface area (Å²) in [6.07, 6.45) is 0. The van der Waals surface area contributed by atoms with E-state index in [1.807, 2.05) is 27.7 Å². The Balaban J connectivity index is 2.87. The third-order valence-corrected chi connectivity index (χ3v) is 4.15. The van der Waals surface area contributed by atoms with Crippen LogP contribution in [-0.4, -0.2) is 16.1 Å². The standard InChI is InChI=1S/C13H20FNO2S/c1-9(15-18(16)13(2,3)4)10-6-11(14)8-12(7-10)17-5/h6-9,15H,1-5H3/t9-,18?/m1/s1. The Morgan fingerprint density at radius 3 is 2.44 bits per heavy atom. The van der Waals surface area contributed by atoms with Crippen molar-refractivity contribution in [2.75, 3.05) is 7.11 Å². The van der Waals surface area contributed by atoms with Crippen molar-refractivity contribution in [2.45, 2.75) is 38.5 Å². The van der Waals surface area contributed by atoms with Crippen molar-refractivity contribution in [2.24, 2.45) is 0 Å². The monoisotopic (exact) mass is 273 g/mol. The van der Waals surface area contributed by atoms with Crippen molar-refractivity contribution in [1.29, 1.82) is 0 Å². The number of rotatable bonds is 4. The predicted octanol–water partition coefficient (Wildman–Crippen LogP) is 2.95. The smallest absolute Gasteiger partial charge is 0.127 e. The summed E-state index contributed by atoms with van der Waals surface area (Å²) in [7, 11) is 0.294. The first-order valence-electron chi connectivity index (χ1n) is 5.76. The normalized spacial score (nSPS) is 15.2. The molecule has 0 spiro atoms. The van der Waals surface area contributed by atoms with Crippen LogP contribution in [0.4, 0.5) is 4.39 Å². The van der Waals surface area contributed by atoms with E-state index in [2.05, 4.69) is 4.72 Å². The lowest BCUT2D eigenvalue weighted by atomic mass is 10.1. The molecule has 0 aromatic heterocycles. The molecule has 1 aromatic carbocycles. The van der Waals surface area contributed by atoms with Gasteiger partial charge in [-0.3, -0.25) is 0 Å². The van der Waals surface area contributed by atoms with Gasteiger partial charge in [-0.15, -0.1) is 0 Å². The molecule has 0 amide bonds. The van der Waals surface area contributed by atoms with Crippen molar-refractivity contribution < 1.29 is 13.3 Å². The van der Waals surface area contributed by atoms with E-state index in [1.165, 1.54) is 19.2 Å². The van der Waals surface area contributed by atoms with Crippen LogP contribution in [-0.2, 0) is 11.0 Å². The Hall–Kier alpha value is -0.940. The molecule has 5 heteroatoms. The van der Waals surface area contributed by atoms with E-state index < -0.39 is 11.0 Å². The summed E-state index contributed by atoms with van der Waals surface area (Å²) in [5.41, 5.74) is 0.712. The fourth-order valence-electron chi connectivity index (χ4n) is 1.36. The van der Waals surface area contributed by atoms with Crippen molar-refractivity contribution in [1.82, 2.24) is 4.72 Å². The van der Waals surface area contributed by atoms with E-state index in [4.69, 9.17) is 4.74 Å². The van der Waals surface area contributed by atoms with Gasteiger partial charge in [0.2, 0.25) is 0 Å². The molecule has 1 N–H and O–H groups in total. The fourth-order valence-corrected chi connectivity index (χ4v) is 2.17. The molecule has 1 unspecified atom stereocenters. The Bertz CT molecular complexity index is 443. The molecule has 0 fully saturated rings. The molecule has 1 aromatic rings. The van der Waals surface area contributed by atoms with Crippen LogP contribution >= 0.6 is 0 Å². The van der Waals surface area contributed by atoms with Crippen LogP contribution in [0.1, 0.15) is 39.3 Å². The predicted molar refractivity (Wildman–Crippen MR) is 72.4 cm³/mol. The van der Waals surface area contributed by atoms with Gasteiger partial charge in [-0.2, -0.15) is 0 Å². The second-order valence-corrected chi connectivity index (χ2v) is 7.14. The van der Waals surface area contributed by atoms with Crippen LogP contribution < -0.4 is 9.46 Å². The highest BCUT2D eigenvalue weighted by atomic mass is 32.2. The SMILES string of the molecule is COc1cc(F)cc([C@@H](C)NS(=O)C(C)(C)C)c1. The molecular formula is C13H20FNO2S. The average molecular weight is 273 g/mol. The van der Waals surface area contributed by atoms with E-state index in [-0.39, 0.29) is 16.6 Å². The molecule has 0 saturated carbocycles. The molecule has 0 aliphatic rings. The van der Waals surface area contributed by atoms with Crippen LogP contribution in [0.15, 0.2) is 18.2 Å². The quantitative estimate of drug-likeness (QED) is 0.916. The third kappa shape index (κ3) is 4.07.